The Morgan fingerprint density at radius 1 is 1.29 bits per heavy atom. The maximum Gasteiger partial charge on any atom is 0.335 e. The molecule has 1 aromatic carbocycles. The van der Waals surface area contributed by atoms with E-state index in [2.05, 4.69) is 17.5 Å². The molecule has 0 spiro atoms. The molecule has 0 aliphatic rings. The molecule has 0 amide bonds. The fraction of sp³-hybridized carbons (Fsp3) is 0.200. The van der Waals surface area contributed by atoms with Crippen LogP contribution in [0.25, 0.3) is 0 Å². The molecule has 0 aliphatic carbocycles. The molecule has 0 saturated carbocycles. The Balaban J connectivity index is 2.80. The van der Waals surface area contributed by atoms with Crippen molar-refractivity contribution in [3.63, 3.8) is 0 Å². The number of hydrogen-bond acceptors (Lipinski definition) is 4. The van der Waals surface area contributed by atoms with Crippen molar-refractivity contribution in [2.75, 3.05) is 5.32 Å². The van der Waals surface area contributed by atoms with Crippen molar-refractivity contribution in [1.82, 2.24) is 0 Å². The second-order valence-corrected chi connectivity index (χ2v) is 3.78. The van der Waals surface area contributed by atoms with E-state index < -0.39 is 18.2 Å². The summed E-state index contributed by atoms with van der Waals surface area (Å²) in [7, 11) is 0. The fourth-order valence-corrected chi connectivity index (χ4v) is 1.34. The molecule has 6 nitrogen and oxygen atoms in total. The Kier molecular flexibility index (Phi) is 4.38. The number of hydrogen-bond donors (Lipinski definition) is 5. The SMILES string of the molecule is NC(=S)Nc1ccc(C(O)C(O)C(=O)O)cc1. The molecule has 0 heterocycles. The topological polar surface area (TPSA) is 116 Å². The maximum atomic E-state index is 10.5. The lowest BCUT2D eigenvalue weighted by Gasteiger charge is -2.14. The number of aliphatic hydroxyl groups is 2. The third-order valence-electron chi connectivity index (χ3n) is 2.07. The minimum Gasteiger partial charge on any atom is -0.479 e. The number of thiocarbonyl (C=S) groups is 1. The van der Waals surface area contributed by atoms with E-state index in [1.54, 1.807) is 12.1 Å². The Morgan fingerprint density at radius 3 is 2.24 bits per heavy atom. The smallest absolute Gasteiger partial charge is 0.335 e. The Morgan fingerprint density at radius 2 is 1.82 bits per heavy atom. The molecule has 2 unspecified atom stereocenters. The van der Waals surface area contributed by atoms with Gasteiger partial charge >= 0.3 is 5.97 Å². The summed E-state index contributed by atoms with van der Waals surface area (Å²) >= 11 is 4.64. The van der Waals surface area contributed by atoms with Crippen LogP contribution >= 0.6 is 12.2 Å². The van der Waals surface area contributed by atoms with Crippen molar-refractivity contribution < 1.29 is 20.1 Å². The van der Waals surface area contributed by atoms with Gasteiger partial charge in [0.15, 0.2) is 11.2 Å². The number of nitrogens with two attached hydrogens (primary N) is 1. The third kappa shape index (κ3) is 3.66. The van der Waals surface area contributed by atoms with Gasteiger partial charge in [-0.25, -0.2) is 4.79 Å². The normalized spacial score (nSPS) is 13.8. The van der Waals surface area contributed by atoms with Gasteiger partial charge in [-0.1, -0.05) is 12.1 Å². The summed E-state index contributed by atoms with van der Waals surface area (Å²) < 4.78 is 0. The fourth-order valence-electron chi connectivity index (χ4n) is 1.22. The van der Waals surface area contributed by atoms with Crippen LogP contribution < -0.4 is 11.1 Å². The summed E-state index contributed by atoms with van der Waals surface area (Å²) in [4.78, 5) is 10.5. The Labute approximate surface area is 103 Å². The largest absolute Gasteiger partial charge is 0.479 e. The van der Waals surface area contributed by atoms with Gasteiger partial charge in [-0.05, 0) is 29.9 Å². The van der Waals surface area contributed by atoms with Crippen LogP contribution in [0, 0.1) is 0 Å². The van der Waals surface area contributed by atoms with Gasteiger partial charge in [0, 0.05) is 5.69 Å². The molecule has 0 aromatic heterocycles. The van der Waals surface area contributed by atoms with Gasteiger partial charge in [0.25, 0.3) is 0 Å². The van der Waals surface area contributed by atoms with Crippen LogP contribution in [0.5, 0.6) is 0 Å². The number of anilines is 1. The summed E-state index contributed by atoms with van der Waals surface area (Å²) in [6, 6.07) is 6.06. The van der Waals surface area contributed by atoms with Crippen molar-refractivity contribution in [2.24, 2.45) is 5.73 Å². The minimum absolute atomic E-state index is 0.101. The van der Waals surface area contributed by atoms with Crippen molar-refractivity contribution in [2.45, 2.75) is 12.2 Å². The molecule has 17 heavy (non-hydrogen) atoms. The molecular weight excluding hydrogens is 244 g/mol. The average Bonchev–Trinajstić information content (AvgIpc) is 2.27. The first-order chi connectivity index (χ1) is 7.91. The lowest BCUT2D eigenvalue weighted by molar-refractivity contribution is -0.153. The minimum atomic E-state index is -1.86. The van der Waals surface area contributed by atoms with E-state index in [0.717, 1.165) is 0 Å². The first kappa shape index (κ1) is 13.4. The van der Waals surface area contributed by atoms with Crippen LogP contribution in [0.4, 0.5) is 5.69 Å². The molecule has 1 aromatic rings. The molecule has 0 bridgehead atoms. The highest BCUT2D eigenvalue weighted by atomic mass is 32.1. The monoisotopic (exact) mass is 256 g/mol. The lowest BCUT2D eigenvalue weighted by Crippen LogP contribution is -2.27. The molecule has 0 radical (unpaired) electrons. The number of nitrogens with one attached hydrogen (secondary N) is 1. The summed E-state index contributed by atoms with van der Waals surface area (Å²) in [6.07, 6.45) is -3.34. The number of aliphatic hydroxyl groups excluding tert-OH is 2. The van der Waals surface area contributed by atoms with Crippen molar-refractivity contribution >= 4 is 29.0 Å². The van der Waals surface area contributed by atoms with E-state index in [1.165, 1.54) is 12.1 Å². The van der Waals surface area contributed by atoms with Gasteiger partial charge in [-0.15, -0.1) is 0 Å². The van der Waals surface area contributed by atoms with E-state index in [9.17, 15) is 9.90 Å². The first-order valence-electron chi connectivity index (χ1n) is 4.67. The highest BCUT2D eigenvalue weighted by Gasteiger charge is 2.24. The Bertz CT molecular complexity index is 421. The molecule has 7 heteroatoms. The summed E-state index contributed by atoms with van der Waals surface area (Å²) in [5.41, 5.74) is 6.16. The highest BCUT2D eigenvalue weighted by molar-refractivity contribution is 7.80. The number of carboxylic acids is 1. The lowest BCUT2D eigenvalue weighted by atomic mass is 10.0. The van der Waals surface area contributed by atoms with E-state index in [0.29, 0.717) is 5.69 Å². The van der Waals surface area contributed by atoms with E-state index in [4.69, 9.17) is 15.9 Å². The molecule has 92 valence electrons. The zero-order valence-electron chi connectivity index (χ0n) is 8.70. The number of benzene rings is 1. The van der Waals surface area contributed by atoms with E-state index >= 15 is 0 Å². The number of aliphatic carboxylic acids is 1. The molecule has 0 aliphatic heterocycles. The van der Waals surface area contributed by atoms with Gasteiger partial charge in [0.1, 0.15) is 6.10 Å². The maximum absolute atomic E-state index is 10.5. The van der Waals surface area contributed by atoms with Crippen LogP contribution in [0.2, 0.25) is 0 Å². The second-order valence-electron chi connectivity index (χ2n) is 3.34. The van der Waals surface area contributed by atoms with Crippen LogP contribution in [0.1, 0.15) is 11.7 Å². The summed E-state index contributed by atoms with van der Waals surface area (Å²) in [5, 5.41) is 30.0. The van der Waals surface area contributed by atoms with Crippen molar-refractivity contribution in [3.8, 4) is 0 Å². The van der Waals surface area contributed by atoms with Crippen LogP contribution in [0.3, 0.4) is 0 Å². The first-order valence-corrected chi connectivity index (χ1v) is 5.08. The van der Waals surface area contributed by atoms with Gasteiger partial charge in [-0.2, -0.15) is 0 Å². The molecule has 0 saturated heterocycles. The molecule has 6 N–H and O–H groups in total. The standard InChI is InChI=1S/C10H12N2O4S/c11-10(17)12-6-3-1-5(2-4-6)7(13)8(14)9(15)16/h1-4,7-8,13-14H,(H,15,16)(H3,11,12,17). The van der Waals surface area contributed by atoms with Crippen LogP contribution in [0.15, 0.2) is 24.3 Å². The summed E-state index contributed by atoms with van der Waals surface area (Å²) in [5.74, 6) is -1.48. The molecular formula is C10H12N2O4S. The molecule has 1 rings (SSSR count). The van der Waals surface area contributed by atoms with Gasteiger partial charge < -0.3 is 26.4 Å². The van der Waals surface area contributed by atoms with Gasteiger partial charge in [-0.3, -0.25) is 0 Å². The molecule has 2 atom stereocenters. The van der Waals surface area contributed by atoms with Gasteiger partial charge in [0.05, 0.1) is 0 Å². The number of rotatable bonds is 4. The van der Waals surface area contributed by atoms with Crippen LogP contribution in [-0.2, 0) is 4.79 Å². The second kappa shape index (κ2) is 5.58. The highest BCUT2D eigenvalue weighted by Crippen LogP contribution is 2.19. The van der Waals surface area contributed by atoms with Crippen LogP contribution in [-0.4, -0.2) is 32.5 Å². The average molecular weight is 256 g/mol. The molecule has 0 fully saturated rings. The van der Waals surface area contributed by atoms with Crippen molar-refractivity contribution in [1.29, 1.82) is 0 Å². The van der Waals surface area contributed by atoms with E-state index in [-0.39, 0.29) is 10.7 Å². The third-order valence-corrected chi connectivity index (χ3v) is 2.17. The Hall–Kier alpha value is -1.70. The number of carbonyl (C=O) groups is 1. The van der Waals surface area contributed by atoms with Crippen molar-refractivity contribution in [3.05, 3.63) is 29.8 Å². The zero-order chi connectivity index (χ0) is 13.0. The number of carboxylic acid groups (broad SMARTS) is 1. The van der Waals surface area contributed by atoms with Gasteiger partial charge in [0.2, 0.25) is 0 Å². The predicted octanol–water partition coefficient (Wildman–Crippen LogP) is -0.179. The summed E-state index contributed by atoms with van der Waals surface area (Å²) in [6.45, 7) is 0. The predicted molar refractivity (Wildman–Crippen MR) is 65.5 cm³/mol. The van der Waals surface area contributed by atoms with E-state index in [1.807, 2.05) is 0 Å². The quantitative estimate of drug-likeness (QED) is 0.474. The zero-order valence-corrected chi connectivity index (χ0v) is 9.52.